The third kappa shape index (κ3) is 6.03. The molecule has 1 N–H and O–H groups in total. The summed E-state index contributed by atoms with van der Waals surface area (Å²) in [6.07, 6.45) is 1.18. The van der Waals surface area contributed by atoms with E-state index in [-0.39, 0.29) is 0 Å². The number of ether oxygens (including phenoxy) is 1. The van der Waals surface area contributed by atoms with E-state index in [1.165, 1.54) is 12.0 Å². The monoisotopic (exact) mass is 250 g/mol. The minimum Gasteiger partial charge on any atom is -0.497 e. The fourth-order valence-corrected chi connectivity index (χ4v) is 1.90. The molecule has 3 heteroatoms. The van der Waals surface area contributed by atoms with Crippen LogP contribution in [0.1, 0.15) is 25.8 Å². The molecule has 0 bridgehead atoms. The molecule has 0 saturated carbocycles. The Bertz CT molecular complexity index is 339. The highest BCUT2D eigenvalue weighted by atomic mass is 16.5. The van der Waals surface area contributed by atoms with Crippen molar-refractivity contribution in [1.29, 1.82) is 0 Å². The van der Waals surface area contributed by atoms with E-state index in [4.69, 9.17) is 4.74 Å². The van der Waals surface area contributed by atoms with Gasteiger partial charge in [0.15, 0.2) is 0 Å². The summed E-state index contributed by atoms with van der Waals surface area (Å²) >= 11 is 0. The van der Waals surface area contributed by atoms with Crippen LogP contribution in [0.15, 0.2) is 24.3 Å². The van der Waals surface area contributed by atoms with Gasteiger partial charge in [-0.3, -0.25) is 0 Å². The van der Waals surface area contributed by atoms with Gasteiger partial charge in [0.05, 0.1) is 7.11 Å². The molecule has 0 saturated heterocycles. The summed E-state index contributed by atoms with van der Waals surface area (Å²) in [5.41, 5.74) is 1.30. The van der Waals surface area contributed by atoms with Gasteiger partial charge in [-0.25, -0.2) is 0 Å². The van der Waals surface area contributed by atoms with Gasteiger partial charge in [0.2, 0.25) is 0 Å². The summed E-state index contributed by atoms with van der Waals surface area (Å²) in [4.78, 5) is 2.34. The molecule has 1 rings (SSSR count). The van der Waals surface area contributed by atoms with E-state index in [0.717, 1.165) is 25.4 Å². The van der Waals surface area contributed by atoms with Gasteiger partial charge in [-0.05, 0) is 44.3 Å². The van der Waals surface area contributed by atoms with Crippen LogP contribution in [0.5, 0.6) is 5.75 Å². The zero-order valence-corrected chi connectivity index (χ0v) is 12.1. The van der Waals surface area contributed by atoms with Crippen LogP contribution in [0.4, 0.5) is 0 Å². The van der Waals surface area contributed by atoms with Crippen LogP contribution in [-0.2, 0) is 6.54 Å². The second kappa shape index (κ2) is 8.11. The van der Waals surface area contributed by atoms with E-state index in [1.54, 1.807) is 7.11 Å². The van der Waals surface area contributed by atoms with E-state index in [2.05, 4.69) is 43.2 Å². The van der Waals surface area contributed by atoms with E-state index in [9.17, 15) is 0 Å². The van der Waals surface area contributed by atoms with E-state index < -0.39 is 0 Å². The third-order valence-corrected chi connectivity index (χ3v) is 2.86. The lowest BCUT2D eigenvalue weighted by Gasteiger charge is -2.17. The van der Waals surface area contributed by atoms with Crippen LogP contribution in [-0.4, -0.2) is 38.2 Å². The zero-order chi connectivity index (χ0) is 13.4. The van der Waals surface area contributed by atoms with Gasteiger partial charge in [-0.15, -0.1) is 0 Å². The molecule has 0 aliphatic carbocycles. The molecule has 0 aromatic heterocycles. The van der Waals surface area contributed by atoms with Crippen molar-refractivity contribution >= 4 is 0 Å². The van der Waals surface area contributed by atoms with E-state index >= 15 is 0 Å². The molecule has 0 aliphatic heterocycles. The third-order valence-electron chi connectivity index (χ3n) is 2.86. The fraction of sp³-hybridized carbons (Fsp3) is 0.600. The number of rotatable bonds is 8. The maximum absolute atomic E-state index is 5.23. The number of benzene rings is 1. The Hall–Kier alpha value is -1.06. The lowest BCUT2D eigenvalue weighted by molar-refractivity contribution is 0.317. The summed E-state index contributed by atoms with van der Waals surface area (Å²) in [5.74, 6) is 0.933. The van der Waals surface area contributed by atoms with Crippen LogP contribution < -0.4 is 10.1 Å². The minimum absolute atomic E-state index is 0.577. The molecule has 0 aliphatic rings. The summed E-state index contributed by atoms with van der Waals surface area (Å²) in [5, 5.41) is 3.44. The minimum atomic E-state index is 0.577. The average Bonchev–Trinajstić information content (AvgIpc) is 2.34. The van der Waals surface area contributed by atoms with Gasteiger partial charge < -0.3 is 15.0 Å². The van der Waals surface area contributed by atoms with Gasteiger partial charge in [0.1, 0.15) is 5.75 Å². The van der Waals surface area contributed by atoms with Crippen LogP contribution in [0.2, 0.25) is 0 Å². The Balaban J connectivity index is 2.28. The van der Waals surface area contributed by atoms with Crippen molar-refractivity contribution in [2.45, 2.75) is 32.9 Å². The highest BCUT2D eigenvalue weighted by Gasteiger charge is 2.01. The second-order valence-corrected chi connectivity index (χ2v) is 5.05. The zero-order valence-electron chi connectivity index (χ0n) is 12.1. The number of nitrogens with one attached hydrogen (secondary N) is 1. The number of methoxy groups -OCH3 is 1. The molecule has 0 fully saturated rings. The molecule has 3 nitrogen and oxygen atoms in total. The number of hydrogen-bond donors (Lipinski definition) is 1. The Morgan fingerprint density at radius 3 is 2.78 bits per heavy atom. The van der Waals surface area contributed by atoms with Crippen LogP contribution >= 0.6 is 0 Å². The molecule has 1 aromatic carbocycles. The first kappa shape index (κ1) is 15.0. The van der Waals surface area contributed by atoms with Gasteiger partial charge in [0.25, 0.3) is 0 Å². The largest absolute Gasteiger partial charge is 0.497 e. The van der Waals surface area contributed by atoms with Crippen LogP contribution in [0.25, 0.3) is 0 Å². The first-order valence-electron chi connectivity index (χ1n) is 6.66. The maximum atomic E-state index is 5.23. The normalized spacial score (nSPS) is 11.2. The number of nitrogens with zero attached hydrogens (tertiary/aromatic N) is 1. The van der Waals surface area contributed by atoms with E-state index in [1.807, 2.05) is 12.1 Å². The van der Waals surface area contributed by atoms with Crippen molar-refractivity contribution in [1.82, 2.24) is 10.2 Å². The van der Waals surface area contributed by atoms with E-state index in [0.29, 0.717) is 6.04 Å². The van der Waals surface area contributed by atoms with Crippen LogP contribution in [0.3, 0.4) is 0 Å². The summed E-state index contributed by atoms with van der Waals surface area (Å²) in [6, 6.07) is 8.85. The van der Waals surface area contributed by atoms with Crippen LogP contribution in [0, 0.1) is 0 Å². The van der Waals surface area contributed by atoms with Crippen molar-refractivity contribution in [2.75, 3.05) is 27.2 Å². The van der Waals surface area contributed by atoms with Gasteiger partial charge in [-0.2, -0.15) is 0 Å². The summed E-state index contributed by atoms with van der Waals surface area (Å²) < 4.78 is 5.23. The lowest BCUT2D eigenvalue weighted by Crippen LogP contribution is -2.27. The van der Waals surface area contributed by atoms with Crippen molar-refractivity contribution in [3.8, 4) is 5.75 Å². The topological polar surface area (TPSA) is 24.5 Å². The molecule has 0 radical (unpaired) electrons. The Kier molecular flexibility index (Phi) is 6.76. The Labute approximate surface area is 111 Å². The standard InChI is InChI=1S/C15H26N2O/c1-13(2)16-9-6-10-17(3)12-14-7-5-8-15(11-14)18-4/h5,7-8,11,13,16H,6,9-10,12H2,1-4H3. The molecule has 1 aromatic rings. The Morgan fingerprint density at radius 1 is 1.33 bits per heavy atom. The van der Waals surface area contributed by atoms with Crippen molar-refractivity contribution in [3.63, 3.8) is 0 Å². The quantitative estimate of drug-likeness (QED) is 0.718. The molecule has 0 amide bonds. The molecular formula is C15H26N2O. The molecule has 0 spiro atoms. The number of hydrogen-bond acceptors (Lipinski definition) is 3. The van der Waals surface area contributed by atoms with Gasteiger partial charge >= 0.3 is 0 Å². The first-order chi connectivity index (χ1) is 8.61. The molecule has 0 heterocycles. The average molecular weight is 250 g/mol. The van der Waals surface area contributed by atoms with Gasteiger partial charge in [-0.1, -0.05) is 26.0 Å². The predicted octanol–water partition coefficient (Wildman–Crippen LogP) is 2.52. The van der Waals surface area contributed by atoms with Gasteiger partial charge in [0, 0.05) is 12.6 Å². The van der Waals surface area contributed by atoms with Crippen molar-refractivity contribution in [3.05, 3.63) is 29.8 Å². The highest BCUT2D eigenvalue weighted by Crippen LogP contribution is 2.13. The second-order valence-electron chi connectivity index (χ2n) is 5.05. The maximum Gasteiger partial charge on any atom is 0.119 e. The summed E-state index contributed by atoms with van der Waals surface area (Å²) in [6.45, 7) is 7.52. The lowest BCUT2D eigenvalue weighted by atomic mass is 10.2. The molecule has 0 unspecified atom stereocenters. The SMILES string of the molecule is COc1cccc(CN(C)CCCNC(C)C)c1. The first-order valence-corrected chi connectivity index (χ1v) is 6.66. The molecule has 18 heavy (non-hydrogen) atoms. The molecule has 102 valence electrons. The van der Waals surface area contributed by atoms with Crippen molar-refractivity contribution < 1.29 is 4.74 Å². The molecule has 0 atom stereocenters. The molecular weight excluding hydrogens is 224 g/mol. The highest BCUT2D eigenvalue weighted by molar-refractivity contribution is 5.28. The smallest absolute Gasteiger partial charge is 0.119 e. The van der Waals surface area contributed by atoms with Crippen molar-refractivity contribution in [2.24, 2.45) is 0 Å². The Morgan fingerprint density at radius 2 is 2.11 bits per heavy atom. The fourth-order valence-electron chi connectivity index (χ4n) is 1.90. The predicted molar refractivity (Wildman–Crippen MR) is 77.1 cm³/mol. The summed E-state index contributed by atoms with van der Waals surface area (Å²) in [7, 11) is 3.87.